The first-order valence-electron chi connectivity index (χ1n) is 8.64. The Labute approximate surface area is 161 Å². The van der Waals surface area contributed by atoms with E-state index in [1.807, 2.05) is 59.5 Å². The summed E-state index contributed by atoms with van der Waals surface area (Å²) in [6.07, 6.45) is 0.761. The average molecular weight is 417 g/mol. The van der Waals surface area contributed by atoms with E-state index >= 15 is 0 Å². The number of halogens is 1. The number of nitrogens with zero attached hydrogens (tertiary/aromatic N) is 2. The van der Waals surface area contributed by atoms with Gasteiger partial charge in [0.2, 0.25) is 0 Å². The quantitative estimate of drug-likeness (QED) is 0.768. The van der Waals surface area contributed by atoms with Gasteiger partial charge in [0.1, 0.15) is 5.75 Å². The summed E-state index contributed by atoms with van der Waals surface area (Å²) in [4.78, 5) is 28.7. The minimum Gasteiger partial charge on any atom is -0.484 e. The van der Waals surface area contributed by atoms with Crippen molar-refractivity contribution in [2.24, 2.45) is 0 Å². The molecule has 136 valence electrons. The van der Waals surface area contributed by atoms with E-state index in [9.17, 15) is 9.59 Å². The Morgan fingerprint density at radius 3 is 2.42 bits per heavy atom. The van der Waals surface area contributed by atoms with Crippen molar-refractivity contribution in [3.8, 4) is 5.75 Å². The first-order chi connectivity index (χ1) is 12.6. The smallest absolute Gasteiger partial charge is 0.260 e. The van der Waals surface area contributed by atoms with Crippen LogP contribution in [0.5, 0.6) is 5.75 Å². The number of amides is 2. The third-order valence-corrected chi connectivity index (χ3v) is 4.81. The maximum Gasteiger partial charge on any atom is 0.260 e. The Morgan fingerprint density at radius 1 is 0.923 bits per heavy atom. The van der Waals surface area contributed by atoms with Crippen molar-refractivity contribution in [3.05, 3.63) is 64.6 Å². The number of ether oxygens (including phenoxy) is 1. The van der Waals surface area contributed by atoms with E-state index in [-0.39, 0.29) is 18.4 Å². The van der Waals surface area contributed by atoms with Crippen molar-refractivity contribution >= 4 is 27.7 Å². The third kappa shape index (κ3) is 4.85. The third-order valence-electron chi connectivity index (χ3n) is 4.31. The molecule has 0 bridgehead atoms. The van der Waals surface area contributed by atoms with Crippen molar-refractivity contribution in [3.63, 3.8) is 0 Å². The molecule has 0 unspecified atom stereocenters. The van der Waals surface area contributed by atoms with Crippen LogP contribution in [-0.2, 0) is 4.79 Å². The van der Waals surface area contributed by atoms with Gasteiger partial charge in [-0.1, -0.05) is 40.2 Å². The van der Waals surface area contributed by atoms with E-state index in [1.54, 1.807) is 4.90 Å². The zero-order chi connectivity index (χ0) is 18.4. The number of para-hydroxylation sites is 1. The van der Waals surface area contributed by atoms with Gasteiger partial charge in [-0.05, 0) is 36.8 Å². The van der Waals surface area contributed by atoms with Gasteiger partial charge in [-0.2, -0.15) is 0 Å². The molecule has 0 aromatic heterocycles. The summed E-state index contributed by atoms with van der Waals surface area (Å²) < 4.78 is 6.42. The Hall–Kier alpha value is -2.34. The topological polar surface area (TPSA) is 49.9 Å². The minimum absolute atomic E-state index is 0.00105. The Bertz CT molecular complexity index is 767. The van der Waals surface area contributed by atoms with Gasteiger partial charge in [0, 0.05) is 36.2 Å². The fourth-order valence-corrected chi connectivity index (χ4v) is 3.33. The maximum atomic E-state index is 12.7. The summed E-state index contributed by atoms with van der Waals surface area (Å²) in [6, 6.07) is 16.7. The van der Waals surface area contributed by atoms with Crippen LogP contribution in [-0.4, -0.2) is 54.4 Å². The lowest BCUT2D eigenvalue weighted by Crippen LogP contribution is -2.39. The van der Waals surface area contributed by atoms with Gasteiger partial charge in [0.25, 0.3) is 11.8 Å². The first kappa shape index (κ1) is 18.5. The number of carbonyl (C=O) groups excluding carboxylic acids is 2. The zero-order valence-electron chi connectivity index (χ0n) is 14.4. The summed E-state index contributed by atoms with van der Waals surface area (Å²) >= 11 is 3.40. The summed E-state index contributed by atoms with van der Waals surface area (Å²) in [5.74, 6) is 0.633. The molecular weight excluding hydrogens is 396 g/mol. The second kappa shape index (κ2) is 8.85. The van der Waals surface area contributed by atoms with Crippen molar-refractivity contribution < 1.29 is 14.3 Å². The van der Waals surface area contributed by atoms with Crippen LogP contribution in [0.1, 0.15) is 16.8 Å². The van der Waals surface area contributed by atoms with Gasteiger partial charge in [0.15, 0.2) is 6.61 Å². The SMILES string of the molecule is O=C(COc1ccccc1)N1CCCN(C(=O)c2cccc(Br)c2)CC1. The van der Waals surface area contributed by atoms with Crippen LogP contribution >= 0.6 is 15.9 Å². The molecule has 6 heteroatoms. The zero-order valence-corrected chi connectivity index (χ0v) is 16.0. The number of hydrogen-bond acceptors (Lipinski definition) is 3. The van der Waals surface area contributed by atoms with E-state index in [4.69, 9.17) is 4.74 Å². The van der Waals surface area contributed by atoms with E-state index in [1.165, 1.54) is 0 Å². The predicted octanol–water partition coefficient (Wildman–Crippen LogP) is 3.20. The van der Waals surface area contributed by atoms with Crippen molar-refractivity contribution in [2.75, 3.05) is 32.8 Å². The first-order valence-corrected chi connectivity index (χ1v) is 9.43. The highest BCUT2D eigenvalue weighted by Gasteiger charge is 2.23. The summed E-state index contributed by atoms with van der Waals surface area (Å²) in [5.41, 5.74) is 0.659. The lowest BCUT2D eigenvalue weighted by Gasteiger charge is -2.22. The van der Waals surface area contributed by atoms with E-state index in [0.717, 1.165) is 10.9 Å². The molecule has 3 rings (SSSR count). The standard InChI is InChI=1S/C20H21BrN2O3/c21-17-7-4-6-16(14-17)20(25)23-11-5-10-22(12-13-23)19(24)15-26-18-8-2-1-3-9-18/h1-4,6-9,14H,5,10-13,15H2. The van der Waals surface area contributed by atoms with Crippen LogP contribution in [0.15, 0.2) is 59.1 Å². The second-order valence-electron chi connectivity index (χ2n) is 6.14. The molecule has 0 aliphatic carbocycles. The fourth-order valence-electron chi connectivity index (χ4n) is 2.93. The van der Waals surface area contributed by atoms with Gasteiger partial charge < -0.3 is 14.5 Å². The molecule has 0 N–H and O–H groups in total. The van der Waals surface area contributed by atoms with Crippen LogP contribution in [0, 0.1) is 0 Å². The average Bonchev–Trinajstić information content (AvgIpc) is 2.92. The number of hydrogen-bond donors (Lipinski definition) is 0. The number of rotatable bonds is 4. The molecule has 1 aliphatic heterocycles. The molecule has 1 heterocycles. The molecule has 5 nitrogen and oxygen atoms in total. The van der Waals surface area contributed by atoms with Crippen molar-refractivity contribution in [1.82, 2.24) is 9.80 Å². The van der Waals surface area contributed by atoms with E-state index < -0.39 is 0 Å². The molecule has 0 radical (unpaired) electrons. The Kier molecular flexibility index (Phi) is 6.28. The van der Waals surface area contributed by atoms with Gasteiger partial charge in [0.05, 0.1) is 0 Å². The van der Waals surface area contributed by atoms with E-state index in [2.05, 4.69) is 15.9 Å². The molecule has 2 aromatic carbocycles. The molecular formula is C20H21BrN2O3. The molecule has 1 aliphatic rings. The predicted molar refractivity (Wildman–Crippen MR) is 103 cm³/mol. The summed E-state index contributed by atoms with van der Waals surface area (Å²) in [7, 11) is 0. The molecule has 0 atom stereocenters. The van der Waals surface area contributed by atoms with Crippen molar-refractivity contribution in [1.29, 1.82) is 0 Å². The monoisotopic (exact) mass is 416 g/mol. The van der Waals surface area contributed by atoms with Gasteiger partial charge in [-0.3, -0.25) is 9.59 Å². The highest BCUT2D eigenvalue weighted by atomic mass is 79.9. The van der Waals surface area contributed by atoms with Gasteiger partial charge in [-0.25, -0.2) is 0 Å². The molecule has 1 saturated heterocycles. The molecule has 0 saturated carbocycles. The lowest BCUT2D eigenvalue weighted by atomic mass is 10.2. The Balaban J connectivity index is 1.54. The normalized spacial score (nSPS) is 14.7. The molecule has 2 aromatic rings. The molecule has 0 spiro atoms. The molecule has 1 fully saturated rings. The number of benzene rings is 2. The highest BCUT2D eigenvalue weighted by molar-refractivity contribution is 9.10. The fraction of sp³-hybridized carbons (Fsp3) is 0.300. The minimum atomic E-state index is -0.0504. The van der Waals surface area contributed by atoms with Crippen LogP contribution in [0.25, 0.3) is 0 Å². The van der Waals surface area contributed by atoms with Gasteiger partial charge >= 0.3 is 0 Å². The van der Waals surface area contributed by atoms with Crippen LogP contribution < -0.4 is 4.74 Å². The van der Waals surface area contributed by atoms with E-state index in [0.29, 0.717) is 37.5 Å². The highest BCUT2D eigenvalue weighted by Crippen LogP contribution is 2.15. The molecule has 2 amide bonds. The van der Waals surface area contributed by atoms with Gasteiger partial charge in [-0.15, -0.1) is 0 Å². The van der Waals surface area contributed by atoms with Crippen molar-refractivity contribution in [2.45, 2.75) is 6.42 Å². The Morgan fingerprint density at radius 2 is 1.65 bits per heavy atom. The second-order valence-corrected chi connectivity index (χ2v) is 7.05. The van der Waals surface area contributed by atoms with Crippen LogP contribution in [0.3, 0.4) is 0 Å². The molecule has 26 heavy (non-hydrogen) atoms. The van der Waals surface area contributed by atoms with Crippen LogP contribution in [0.4, 0.5) is 0 Å². The van der Waals surface area contributed by atoms with Crippen LogP contribution in [0.2, 0.25) is 0 Å². The summed E-state index contributed by atoms with van der Waals surface area (Å²) in [5, 5.41) is 0. The lowest BCUT2D eigenvalue weighted by molar-refractivity contribution is -0.133. The largest absolute Gasteiger partial charge is 0.484 e. The maximum absolute atomic E-state index is 12.7. The number of carbonyl (C=O) groups is 2. The summed E-state index contributed by atoms with van der Waals surface area (Å²) in [6.45, 7) is 2.36.